The first-order valence-electron chi connectivity index (χ1n) is 5.71. The predicted molar refractivity (Wildman–Crippen MR) is 62.7 cm³/mol. The van der Waals surface area contributed by atoms with Crippen molar-refractivity contribution >= 4 is 5.91 Å². The zero-order chi connectivity index (χ0) is 11.7. The first kappa shape index (κ1) is 11.0. The van der Waals surface area contributed by atoms with Crippen LogP contribution in [0.15, 0.2) is 18.2 Å². The van der Waals surface area contributed by atoms with Gasteiger partial charge in [-0.3, -0.25) is 4.79 Å². The molecular formula is C13H17NO2. The van der Waals surface area contributed by atoms with Gasteiger partial charge < -0.3 is 10.4 Å². The van der Waals surface area contributed by atoms with Crippen molar-refractivity contribution in [2.45, 2.75) is 38.6 Å². The number of carbonyl (C=O) groups excluding carboxylic acids is 1. The second-order valence-corrected chi connectivity index (χ2v) is 4.68. The highest BCUT2D eigenvalue weighted by Crippen LogP contribution is 2.41. The second-order valence-electron chi connectivity index (χ2n) is 4.68. The maximum Gasteiger partial charge on any atom is 0.255 e. The predicted octanol–water partition coefficient (Wildman–Crippen LogP) is 2.41. The minimum Gasteiger partial charge on any atom is -0.507 e. The van der Waals surface area contributed by atoms with Crippen molar-refractivity contribution in [1.29, 1.82) is 0 Å². The molecule has 1 amide bonds. The highest BCUT2D eigenvalue weighted by Gasteiger charge is 2.24. The first-order chi connectivity index (χ1) is 7.58. The molecule has 1 saturated carbocycles. The van der Waals surface area contributed by atoms with Crippen molar-refractivity contribution in [3.63, 3.8) is 0 Å². The number of rotatable bonds is 3. The van der Waals surface area contributed by atoms with Gasteiger partial charge in [0.2, 0.25) is 0 Å². The molecule has 0 spiro atoms. The molecule has 1 aliphatic carbocycles. The molecule has 0 unspecified atom stereocenters. The number of hydrogen-bond donors (Lipinski definition) is 2. The molecule has 1 fully saturated rings. The van der Waals surface area contributed by atoms with Crippen LogP contribution in [-0.2, 0) is 0 Å². The first-order valence-corrected chi connectivity index (χ1v) is 5.71. The van der Waals surface area contributed by atoms with Gasteiger partial charge in [0.05, 0.1) is 5.56 Å². The van der Waals surface area contributed by atoms with Gasteiger partial charge in [-0.2, -0.15) is 0 Å². The topological polar surface area (TPSA) is 49.3 Å². The summed E-state index contributed by atoms with van der Waals surface area (Å²) in [6, 6.07) is 5.44. The lowest BCUT2D eigenvalue weighted by Gasteiger charge is -2.10. The number of carbonyl (C=O) groups is 1. The summed E-state index contributed by atoms with van der Waals surface area (Å²) in [5.41, 5.74) is 1.50. The van der Waals surface area contributed by atoms with E-state index in [1.54, 1.807) is 12.1 Å². The molecule has 1 aliphatic rings. The van der Waals surface area contributed by atoms with E-state index in [0.29, 0.717) is 11.5 Å². The lowest BCUT2D eigenvalue weighted by Crippen LogP contribution is -2.30. The molecule has 0 aliphatic heterocycles. The van der Waals surface area contributed by atoms with E-state index in [1.165, 1.54) is 12.8 Å². The van der Waals surface area contributed by atoms with Gasteiger partial charge in [0.1, 0.15) is 5.75 Å². The molecular weight excluding hydrogens is 202 g/mol. The van der Waals surface area contributed by atoms with Gasteiger partial charge in [0.15, 0.2) is 0 Å². The third kappa shape index (κ3) is 2.35. The Morgan fingerprint density at radius 3 is 2.62 bits per heavy atom. The highest BCUT2D eigenvalue weighted by molar-refractivity contribution is 5.97. The summed E-state index contributed by atoms with van der Waals surface area (Å²) in [7, 11) is 0. The van der Waals surface area contributed by atoms with Crippen LogP contribution in [0.2, 0.25) is 0 Å². The van der Waals surface area contributed by atoms with Gasteiger partial charge >= 0.3 is 0 Å². The Morgan fingerprint density at radius 2 is 2.12 bits per heavy atom. The Balaban J connectivity index is 2.18. The Labute approximate surface area is 95.5 Å². The normalized spacial score (nSPS) is 15.2. The van der Waals surface area contributed by atoms with E-state index in [4.69, 9.17) is 0 Å². The van der Waals surface area contributed by atoms with Gasteiger partial charge in [-0.15, -0.1) is 0 Å². The van der Waals surface area contributed by atoms with Gasteiger partial charge in [0.25, 0.3) is 5.91 Å². The van der Waals surface area contributed by atoms with Crippen LogP contribution >= 0.6 is 0 Å². The summed E-state index contributed by atoms with van der Waals surface area (Å²) >= 11 is 0. The van der Waals surface area contributed by atoms with Crippen molar-refractivity contribution in [3.05, 3.63) is 29.3 Å². The Kier molecular flexibility index (Phi) is 2.86. The third-order valence-electron chi connectivity index (χ3n) is 2.73. The number of benzene rings is 1. The average Bonchev–Trinajstić information content (AvgIpc) is 2.99. The zero-order valence-electron chi connectivity index (χ0n) is 9.66. The summed E-state index contributed by atoms with van der Waals surface area (Å²) in [5, 5.41) is 12.6. The smallest absolute Gasteiger partial charge is 0.255 e. The minimum absolute atomic E-state index is 0.0787. The summed E-state index contributed by atoms with van der Waals surface area (Å²) in [6.07, 6.45) is 2.38. The molecule has 0 heterocycles. The number of aromatic hydroxyl groups is 1. The lowest BCUT2D eigenvalue weighted by molar-refractivity contribution is 0.0940. The van der Waals surface area contributed by atoms with E-state index >= 15 is 0 Å². The van der Waals surface area contributed by atoms with E-state index < -0.39 is 0 Å². The Bertz CT molecular complexity index is 408. The minimum atomic E-state index is -0.213. The number of phenols is 1. The summed E-state index contributed by atoms with van der Waals surface area (Å²) in [5.74, 6) is 0.463. The van der Waals surface area contributed by atoms with Gasteiger partial charge in [-0.05, 0) is 50.3 Å². The van der Waals surface area contributed by atoms with Crippen LogP contribution in [0.5, 0.6) is 5.75 Å². The quantitative estimate of drug-likeness (QED) is 0.820. The van der Waals surface area contributed by atoms with Crippen molar-refractivity contribution in [2.24, 2.45) is 0 Å². The summed E-state index contributed by atoms with van der Waals surface area (Å²) < 4.78 is 0. The molecule has 3 heteroatoms. The highest BCUT2D eigenvalue weighted by atomic mass is 16.3. The molecule has 0 atom stereocenters. The maximum absolute atomic E-state index is 11.7. The fourth-order valence-electron chi connectivity index (χ4n) is 1.75. The maximum atomic E-state index is 11.7. The van der Waals surface area contributed by atoms with E-state index in [1.807, 2.05) is 19.9 Å². The van der Waals surface area contributed by atoms with Gasteiger partial charge in [-0.1, -0.05) is 6.07 Å². The number of hydrogen-bond acceptors (Lipinski definition) is 2. The fraction of sp³-hybridized carbons (Fsp3) is 0.462. The molecule has 86 valence electrons. The lowest BCUT2D eigenvalue weighted by atomic mass is 10.1. The summed E-state index contributed by atoms with van der Waals surface area (Å²) in [4.78, 5) is 11.7. The summed E-state index contributed by atoms with van der Waals surface area (Å²) in [6.45, 7) is 3.79. The SMILES string of the molecule is CC(C)NC(=O)c1ccc(C2CC2)cc1O. The van der Waals surface area contributed by atoms with Crippen molar-refractivity contribution < 1.29 is 9.90 Å². The molecule has 2 N–H and O–H groups in total. The molecule has 0 bridgehead atoms. The Morgan fingerprint density at radius 1 is 1.44 bits per heavy atom. The van der Waals surface area contributed by atoms with Crippen LogP contribution in [0.4, 0.5) is 0 Å². The average molecular weight is 219 g/mol. The standard InChI is InChI=1S/C13H17NO2/c1-8(2)14-13(16)11-6-5-10(7-12(11)15)9-3-4-9/h5-9,15H,3-4H2,1-2H3,(H,14,16). The van der Waals surface area contributed by atoms with Crippen LogP contribution in [0, 0.1) is 0 Å². The van der Waals surface area contributed by atoms with Crippen molar-refractivity contribution in [3.8, 4) is 5.75 Å². The van der Waals surface area contributed by atoms with E-state index in [0.717, 1.165) is 5.56 Å². The van der Waals surface area contributed by atoms with Crippen LogP contribution in [0.3, 0.4) is 0 Å². The Hall–Kier alpha value is -1.51. The van der Waals surface area contributed by atoms with Crippen LogP contribution in [0.1, 0.15) is 48.5 Å². The molecule has 2 rings (SSSR count). The fourth-order valence-corrected chi connectivity index (χ4v) is 1.75. The molecule has 16 heavy (non-hydrogen) atoms. The molecule has 0 saturated heterocycles. The number of amides is 1. The monoisotopic (exact) mass is 219 g/mol. The van der Waals surface area contributed by atoms with Crippen LogP contribution < -0.4 is 5.32 Å². The number of phenolic OH excluding ortho intramolecular Hbond substituents is 1. The molecule has 3 nitrogen and oxygen atoms in total. The molecule has 0 aromatic heterocycles. The number of nitrogens with one attached hydrogen (secondary N) is 1. The van der Waals surface area contributed by atoms with E-state index in [-0.39, 0.29) is 17.7 Å². The zero-order valence-corrected chi connectivity index (χ0v) is 9.66. The second kappa shape index (κ2) is 4.16. The third-order valence-corrected chi connectivity index (χ3v) is 2.73. The van der Waals surface area contributed by atoms with Gasteiger partial charge in [0, 0.05) is 6.04 Å². The van der Waals surface area contributed by atoms with Gasteiger partial charge in [-0.25, -0.2) is 0 Å². The van der Waals surface area contributed by atoms with Crippen LogP contribution in [-0.4, -0.2) is 17.1 Å². The largest absolute Gasteiger partial charge is 0.507 e. The van der Waals surface area contributed by atoms with E-state index in [9.17, 15) is 9.90 Å². The van der Waals surface area contributed by atoms with Crippen molar-refractivity contribution in [1.82, 2.24) is 5.32 Å². The van der Waals surface area contributed by atoms with E-state index in [2.05, 4.69) is 5.32 Å². The molecule has 1 aromatic carbocycles. The molecule has 0 radical (unpaired) electrons. The van der Waals surface area contributed by atoms with Crippen LogP contribution in [0.25, 0.3) is 0 Å². The van der Waals surface area contributed by atoms with Crippen molar-refractivity contribution in [2.75, 3.05) is 0 Å². The molecule has 1 aromatic rings.